The van der Waals surface area contributed by atoms with Crippen LogP contribution in [0.2, 0.25) is 0 Å². The van der Waals surface area contributed by atoms with Gasteiger partial charge in [0.2, 0.25) is 5.75 Å². The fourth-order valence-corrected chi connectivity index (χ4v) is 2.02. The second-order valence-electron chi connectivity index (χ2n) is 4.70. The van der Waals surface area contributed by atoms with Crippen LogP contribution in [0.25, 0.3) is 0 Å². The van der Waals surface area contributed by atoms with Crippen LogP contribution in [0.5, 0.6) is 23.0 Å². The summed E-state index contributed by atoms with van der Waals surface area (Å²) >= 11 is 0. The number of nitrogens with one attached hydrogen (secondary N) is 1. The van der Waals surface area contributed by atoms with Gasteiger partial charge in [0.1, 0.15) is 5.75 Å². The molecule has 0 fully saturated rings. The van der Waals surface area contributed by atoms with Crippen LogP contribution in [0.3, 0.4) is 0 Å². The molecule has 0 aliphatic heterocycles. The van der Waals surface area contributed by atoms with E-state index in [4.69, 9.17) is 14.2 Å². The molecular weight excluding hydrogens is 312 g/mol. The van der Waals surface area contributed by atoms with Gasteiger partial charge in [-0.25, -0.2) is 5.43 Å². The molecule has 0 atom stereocenters. The van der Waals surface area contributed by atoms with Gasteiger partial charge in [-0.05, 0) is 36.4 Å². The molecule has 0 saturated heterocycles. The number of benzene rings is 2. The van der Waals surface area contributed by atoms with E-state index in [2.05, 4.69) is 10.5 Å². The highest BCUT2D eigenvalue weighted by Crippen LogP contribution is 2.37. The highest BCUT2D eigenvalue weighted by molar-refractivity contribution is 5.95. The Bertz CT molecular complexity index is 716. The van der Waals surface area contributed by atoms with Gasteiger partial charge in [0, 0.05) is 11.1 Å². The molecule has 0 spiro atoms. The zero-order chi connectivity index (χ0) is 17.5. The average molecular weight is 330 g/mol. The molecule has 0 saturated carbocycles. The van der Waals surface area contributed by atoms with Crippen molar-refractivity contribution in [1.82, 2.24) is 5.43 Å². The van der Waals surface area contributed by atoms with E-state index in [1.807, 2.05) is 0 Å². The largest absolute Gasteiger partial charge is 0.508 e. The maximum absolute atomic E-state index is 11.9. The Labute approximate surface area is 139 Å². The van der Waals surface area contributed by atoms with Crippen LogP contribution in [-0.4, -0.2) is 38.6 Å². The number of amides is 1. The van der Waals surface area contributed by atoms with Crippen LogP contribution >= 0.6 is 0 Å². The summed E-state index contributed by atoms with van der Waals surface area (Å²) in [6, 6.07) is 9.27. The zero-order valence-corrected chi connectivity index (χ0v) is 13.6. The molecule has 0 aliphatic rings. The molecule has 0 heterocycles. The van der Waals surface area contributed by atoms with E-state index in [0.717, 1.165) is 0 Å². The van der Waals surface area contributed by atoms with Gasteiger partial charge in [0.05, 0.1) is 27.5 Å². The van der Waals surface area contributed by atoms with Gasteiger partial charge in [-0.3, -0.25) is 4.79 Å². The van der Waals surface area contributed by atoms with Crippen LogP contribution in [0.15, 0.2) is 41.5 Å². The number of hydrogen-bond donors (Lipinski definition) is 2. The maximum atomic E-state index is 11.9. The lowest BCUT2D eigenvalue weighted by molar-refractivity contribution is 0.0955. The van der Waals surface area contributed by atoms with Crippen LogP contribution in [0.1, 0.15) is 15.9 Å². The van der Waals surface area contributed by atoms with Crippen LogP contribution < -0.4 is 19.6 Å². The topological polar surface area (TPSA) is 89.4 Å². The van der Waals surface area contributed by atoms with Gasteiger partial charge < -0.3 is 19.3 Å². The predicted molar refractivity (Wildman–Crippen MR) is 89.3 cm³/mol. The van der Waals surface area contributed by atoms with E-state index >= 15 is 0 Å². The number of ether oxygens (including phenoxy) is 3. The van der Waals surface area contributed by atoms with Gasteiger partial charge in [-0.1, -0.05) is 0 Å². The third kappa shape index (κ3) is 3.95. The first kappa shape index (κ1) is 17.1. The van der Waals surface area contributed by atoms with Gasteiger partial charge >= 0.3 is 0 Å². The summed E-state index contributed by atoms with van der Waals surface area (Å²) in [6.45, 7) is 0. The highest BCUT2D eigenvalue weighted by Gasteiger charge is 2.12. The van der Waals surface area contributed by atoms with Gasteiger partial charge in [-0.15, -0.1) is 0 Å². The Morgan fingerprint density at radius 2 is 1.62 bits per heavy atom. The molecule has 2 aromatic carbocycles. The van der Waals surface area contributed by atoms with Crippen LogP contribution in [-0.2, 0) is 0 Å². The number of rotatable bonds is 6. The van der Waals surface area contributed by atoms with Crippen LogP contribution in [0.4, 0.5) is 0 Å². The molecule has 1 amide bonds. The Morgan fingerprint density at radius 3 is 2.12 bits per heavy atom. The normalized spacial score (nSPS) is 10.5. The molecule has 24 heavy (non-hydrogen) atoms. The first-order valence-electron chi connectivity index (χ1n) is 7.01. The number of carbonyl (C=O) groups is 1. The third-order valence-electron chi connectivity index (χ3n) is 3.20. The molecule has 0 radical (unpaired) electrons. The number of nitrogens with zero attached hydrogens (tertiary/aromatic N) is 1. The van der Waals surface area contributed by atoms with Crippen LogP contribution in [0, 0.1) is 0 Å². The third-order valence-corrected chi connectivity index (χ3v) is 3.20. The van der Waals surface area contributed by atoms with E-state index in [1.54, 1.807) is 12.1 Å². The minimum atomic E-state index is -0.390. The molecule has 2 aromatic rings. The Kier molecular flexibility index (Phi) is 5.62. The summed E-state index contributed by atoms with van der Waals surface area (Å²) in [5.74, 6) is 1.16. The number of phenolic OH excluding ortho intramolecular Hbond substituents is 1. The summed E-state index contributed by atoms with van der Waals surface area (Å²) in [4.78, 5) is 11.9. The number of carbonyl (C=O) groups excluding carboxylic acids is 1. The smallest absolute Gasteiger partial charge is 0.271 e. The monoisotopic (exact) mass is 330 g/mol. The highest BCUT2D eigenvalue weighted by atomic mass is 16.5. The fourth-order valence-electron chi connectivity index (χ4n) is 2.02. The second kappa shape index (κ2) is 7.87. The molecule has 0 aliphatic carbocycles. The van der Waals surface area contributed by atoms with Crippen molar-refractivity contribution in [3.05, 3.63) is 47.5 Å². The molecule has 0 unspecified atom stereocenters. The number of hydrazone groups is 1. The summed E-state index contributed by atoms with van der Waals surface area (Å²) < 4.78 is 15.7. The van der Waals surface area contributed by atoms with Crippen molar-refractivity contribution < 1.29 is 24.1 Å². The molecule has 2 rings (SSSR count). The summed E-state index contributed by atoms with van der Waals surface area (Å²) in [7, 11) is 4.56. The lowest BCUT2D eigenvalue weighted by atomic mass is 10.2. The molecule has 126 valence electrons. The first-order chi connectivity index (χ1) is 11.6. The van der Waals surface area contributed by atoms with Crippen molar-refractivity contribution in [3.63, 3.8) is 0 Å². The Morgan fingerprint density at radius 1 is 1.04 bits per heavy atom. The predicted octanol–water partition coefficient (Wildman–Crippen LogP) is 2.18. The van der Waals surface area contributed by atoms with Crippen molar-refractivity contribution in [2.45, 2.75) is 0 Å². The standard InChI is InChI=1S/C17H18N2O5/c1-22-14-8-11(9-15(23-2)16(14)24-3)10-18-19-17(21)12-4-6-13(20)7-5-12/h4-10,20H,1-3H3,(H,19,21)/b18-10-. The first-order valence-corrected chi connectivity index (χ1v) is 7.01. The molecule has 7 nitrogen and oxygen atoms in total. The molecule has 0 bridgehead atoms. The minimum absolute atomic E-state index is 0.0903. The van der Waals surface area contributed by atoms with Crippen molar-refractivity contribution in [3.8, 4) is 23.0 Å². The summed E-state index contributed by atoms with van der Waals surface area (Å²) in [6.07, 6.45) is 1.46. The molecule has 2 N–H and O–H groups in total. The van der Waals surface area contributed by atoms with Gasteiger partial charge in [0.15, 0.2) is 11.5 Å². The SMILES string of the molecule is COc1cc(/C=N\NC(=O)c2ccc(O)cc2)cc(OC)c1OC. The number of hydrogen-bond acceptors (Lipinski definition) is 6. The zero-order valence-electron chi connectivity index (χ0n) is 13.6. The number of phenols is 1. The van der Waals surface area contributed by atoms with Gasteiger partial charge in [-0.2, -0.15) is 5.10 Å². The van der Waals surface area contributed by atoms with Crippen molar-refractivity contribution in [2.75, 3.05) is 21.3 Å². The Balaban J connectivity index is 2.14. The van der Waals surface area contributed by atoms with Crippen molar-refractivity contribution >= 4 is 12.1 Å². The summed E-state index contributed by atoms with van der Waals surface area (Å²) in [5.41, 5.74) is 3.45. The minimum Gasteiger partial charge on any atom is -0.508 e. The lowest BCUT2D eigenvalue weighted by Gasteiger charge is -2.12. The summed E-state index contributed by atoms with van der Waals surface area (Å²) in [5, 5.41) is 13.1. The van der Waals surface area contributed by atoms with Crippen molar-refractivity contribution in [1.29, 1.82) is 0 Å². The number of methoxy groups -OCH3 is 3. The van der Waals surface area contributed by atoms with E-state index in [9.17, 15) is 9.90 Å². The van der Waals surface area contributed by atoms with E-state index in [-0.39, 0.29) is 5.75 Å². The lowest BCUT2D eigenvalue weighted by Crippen LogP contribution is -2.17. The Hall–Kier alpha value is -3.22. The van der Waals surface area contributed by atoms with Crippen molar-refractivity contribution in [2.24, 2.45) is 5.10 Å². The molecule has 0 aromatic heterocycles. The number of aromatic hydroxyl groups is 1. The fraction of sp³-hybridized carbons (Fsp3) is 0.176. The van der Waals surface area contributed by atoms with E-state index in [0.29, 0.717) is 28.4 Å². The van der Waals surface area contributed by atoms with Gasteiger partial charge in [0.25, 0.3) is 5.91 Å². The quantitative estimate of drug-likeness (QED) is 0.626. The molecule has 7 heteroatoms. The average Bonchev–Trinajstić information content (AvgIpc) is 2.61. The van der Waals surface area contributed by atoms with E-state index in [1.165, 1.54) is 51.8 Å². The van der Waals surface area contributed by atoms with E-state index < -0.39 is 5.91 Å². The maximum Gasteiger partial charge on any atom is 0.271 e. The second-order valence-corrected chi connectivity index (χ2v) is 4.70. The molecular formula is C17H18N2O5.